The second-order valence-electron chi connectivity index (χ2n) is 3.91. The van der Waals surface area contributed by atoms with E-state index in [0.717, 1.165) is 0 Å². The minimum absolute atomic E-state index is 0.0429. The van der Waals surface area contributed by atoms with Crippen LogP contribution in [0.2, 0.25) is 0 Å². The standard InChI is InChI=1S/C14H16N2O4/c1-16(10-12(18)20-2)14(19)13-11(6-3-4-9-17)7-5-8-15-13/h5,7-8,17H,4,9-10H2,1-2H3. The Morgan fingerprint density at radius 1 is 1.50 bits per heavy atom. The normalized spacial score (nSPS) is 9.35. The summed E-state index contributed by atoms with van der Waals surface area (Å²) in [5, 5.41) is 8.69. The lowest BCUT2D eigenvalue weighted by atomic mass is 10.1. The van der Waals surface area contributed by atoms with E-state index in [0.29, 0.717) is 12.0 Å². The van der Waals surface area contributed by atoms with Crippen molar-refractivity contribution in [2.75, 3.05) is 27.3 Å². The quantitative estimate of drug-likeness (QED) is 0.621. The molecule has 1 N–H and O–H groups in total. The monoisotopic (exact) mass is 276 g/mol. The summed E-state index contributed by atoms with van der Waals surface area (Å²) in [6.45, 7) is -0.200. The van der Waals surface area contributed by atoms with Crippen molar-refractivity contribution in [2.45, 2.75) is 6.42 Å². The van der Waals surface area contributed by atoms with E-state index in [4.69, 9.17) is 5.11 Å². The van der Waals surface area contributed by atoms with E-state index in [1.165, 1.54) is 25.3 Å². The van der Waals surface area contributed by atoms with Gasteiger partial charge in [0.15, 0.2) is 0 Å². The fourth-order valence-electron chi connectivity index (χ4n) is 1.40. The Morgan fingerprint density at radius 2 is 2.25 bits per heavy atom. The number of pyridine rings is 1. The number of hydrogen-bond donors (Lipinski definition) is 1. The Balaban J connectivity index is 2.93. The molecular formula is C14H16N2O4. The predicted molar refractivity (Wildman–Crippen MR) is 71.8 cm³/mol. The van der Waals surface area contributed by atoms with Crippen molar-refractivity contribution >= 4 is 11.9 Å². The van der Waals surface area contributed by atoms with Gasteiger partial charge in [-0.1, -0.05) is 11.8 Å². The van der Waals surface area contributed by atoms with Crippen molar-refractivity contribution in [1.29, 1.82) is 0 Å². The Labute approximate surface area is 117 Å². The lowest BCUT2D eigenvalue weighted by Crippen LogP contribution is -2.33. The summed E-state index contributed by atoms with van der Waals surface area (Å²) in [6, 6.07) is 3.33. The minimum Gasteiger partial charge on any atom is -0.468 e. The average molecular weight is 276 g/mol. The minimum atomic E-state index is -0.510. The number of esters is 1. The van der Waals surface area contributed by atoms with Gasteiger partial charge in [0.05, 0.1) is 19.3 Å². The van der Waals surface area contributed by atoms with Gasteiger partial charge in [-0.05, 0) is 12.1 Å². The summed E-state index contributed by atoms with van der Waals surface area (Å²) in [7, 11) is 2.74. The maximum atomic E-state index is 12.2. The van der Waals surface area contributed by atoms with Crippen LogP contribution in [0.1, 0.15) is 22.5 Å². The van der Waals surface area contributed by atoms with Gasteiger partial charge in [0, 0.05) is 19.7 Å². The van der Waals surface area contributed by atoms with Crippen molar-refractivity contribution in [2.24, 2.45) is 0 Å². The third-order valence-corrected chi connectivity index (χ3v) is 2.41. The summed E-state index contributed by atoms with van der Waals surface area (Å²) in [5.41, 5.74) is 0.631. The number of likely N-dealkylation sites (N-methyl/N-ethyl adjacent to an activating group) is 1. The second-order valence-corrected chi connectivity index (χ2v) is 3.91. The smallest absolute Gasteiger partial charge is 0.325 e. The van der Waals surface area contributed by atoms with Gasteiger partial charge >= 0.3 is 5.97 Å². The molecule has 0 aromatic carbocycles. The molecule has 0 bridgehead atoms. The third kappa shape index (κ3) is 4.37. The fraction of sp³-hybridized carbons (Fsp3) is 0.357. The molecule has 0 saturated heterocycles. The number of hydrogen-bond acceptors (Lipinski definition) is 5. The van der Waals surface area contributed by atoms with Crippen molar-refractivity contribution in [3.8, 4) is 11.8 Å². The van der Waals surface area contributed by atoms with Crippen LogP contribution in [0.4, 0.5) is 0 Å². The van der Waals surface area contributed by atoms with E-state index in [1.807, 2.05) is 0 Å². The topological polar surface area (TPSA) is 79.7 Å². The Hall–Kier alpha value is -2.39. The van der Waals surface area contributed by atoms with Crippen molar-refractivity contribution in [3.63, 3.8) is 0 Å². The molecule has 0 atom stereocenters. The first-order valence-electron chi connectivity index (χ1n) is 5.97. The zero-order valence-corrected chi connectivity index (χ0v) is 11.4. The molecule has 1 aromatic rings. The highest BCUT2D eigenvalue weighted by atomic mass is 16.5. The molecule has 0 radical (unpaired) electrons. The lowest BCUT2D eigenvalue weighted by Gasteiger charge is -2.15. The number of rotatable bonds is 4. The Morgan fingerprint density at radius 3 is 2.90 bits per heavy atom. The van der Waals surface area contributed by atoms with Gasteiger partial charge in [0.25, 0.3) is 5.91 Å². The van der Waals surface area contributed by atoms with Crippen LogP contribution in [0.25, 0.3) is 0 Å². The first kappa shape index (κ1) is 15.7. The van der Waals surface area contributed by atoms with Crippen LogP contribution in [-0.2, 0) is 9.53 Å². The van der Waals surface area contributed by atoms with Crippen molar-refractivity contribution in [3.05, 3.63) is 29.6 Å². The van der Waals surface area contributed by atoms with Crippen LogP contribution in [0.5, 0.6) is 0 Å². The molecule has 106 valence electrons. The van der Waals surface area contributed by atoms with Gasteiger partial charge in [-0.15, -0.1) is 0 Å². The van der Waals surface area contributed by atoms with Crippen LogP contribution >= 0.6 is 0 Å². The number of methoxy groups -OCH3 is 1. The number of ether oxygens (including phenoxy) is 1. The lowest BCUT2D eigenvalue weighted by molar-refractivity contribution is -0.141. The molecule has 6 heteroatoms. The van der Waals surface area contributed by atoms with E-state index in [9.17, 15) is 9.59 Å². The summed E-state index contributed by atoms with van der Waals surface area (Å²) in [4.78, 5) is 28.6. The maximum absolute atomic E-state index is 12.2. The third-order valence-electron chi connectivity index (χ3n) is 2.41. The van der Waals surface area contributed by atoms with Crippen LogP contribution in [0.15, 0.2) is 18.3 Å². The van der Waals surface area contributed by atoms with Gasteiger partial charge in [0.2, 0.25) is 0 Å². The van der Waals surface area contributed by atoms with Crippen LogP contribution < -0.4 is 0 Å². The maximum Gasteiger partial charge on any atom is 0.325 e. The van der Waals surface area contributed by atoms with E-state index in [2.05, 4.69) is 21.6 Å². The number of nitrogens with zero attached hydrogens (tertiary/aromatic N) is 2. The number of aliphatic hydroxyl groups excluding tert-OH is 1. The summed E-state index contributed by atoms with van der Waals surface area (Å²) in [6.07, 6.45) is 1.80. The molecule has 6 nitrogen and oxygen atoms in total. The molecule has 1 aromatic heterocycles. The molecule has 1 rings (SSSR count). The number of carbonyl (C=O) groups is 2. The summed E-state index contributed by atoms with van der Waals surface area (Å²) in [5.74, 6) is 4.59. The zero-order valence-electron chi connectivity index (χ0n) is 11.4. The van der Waals surface area contributed by atoms with Gasteiger partial charge in [-0.3, -0.25) is 9.59 Å². The molecule has 0 aliphatic rings. The van der Waals surface area contributed by atoms with Gasteiger partial charge in [-0.25, -0.2) is 4.98 Å². The van der Waals surface area contributed by atoms with Gasteiger partial charge in [-0.2, -0.15) is 0 Å². The van der Waals surface area contributed by atoms with E-state index < -0.39 is 11.9 Å². The van der Waals surface area contributed by atoms with Gasteiger partial charge < -0.3 is 14.7 Å². The molecule has 0 aliphatic heterocycles. The fourth-order valence-corrected chi connectivity index (χ4v) is 1.40. The Bertz CT molecular complexity index is 546. The average Bonchev–Trinajstić information content (AvgIpc) is 2.47. The highest BCUT2D eigenvalue weighted by molar-refractivity contribution is 5.96. The summed E-state index contributed by atoms with van der Waals surface area (Å²) >= 11 is 0. The SMILES string of the molecule is COC(=O)CN(C)C(=O)c1ncccc1C#CCCO. The van der Waals surface area contributed by atoms with Crippen molar-refractivity contribution < 1.29 is 19.4 Å². The molecule has 1 heterocycles. The first-order chi connectivity index (χ1) is 9.60. The number of aromatic nitrogens is 1. The molecule has 0 aliphatic carbocycles. The van der Waals surface area contributed by atoms with E-state index >= 15 is 0 Å². The highest BCUT2D eigenvalue weighted by Crippen LogP contribution is 2.07. The highest BCUT2D eigenvalue weighted by Gasteiger charge is 2.18. The number of aliphatic hydroxyl groups is 1. The van der Waals surface area contributed by atoms with E-state index in [1.54, 1.807) is 12.1 Å². The van der Waals surface area contributed by atoms with Crippen LogP contribution in [0.3, 0.4) is 0 Å². The molecule has 0 spiro atoms. The molecular weight excluding hydrogens is 260 g/mol. The number of carbonyl (C=O) groups excluding carboxylic acids is 2. The van der Waals surface area contributed by atoms with Crippen LogP contribution in [-0.4, -0.2) is 54.2 Å². The second kappa shape index (κ2) is 7.92. The summed E-state index contributed by atoms with van der Waals surface area (Å²) < 4.78 is 4.51. The molecule has 0 fully saturated rings. The van der Waals surface area contributed by atoms with Crippen molar-refractivity contribution in [1.82, 2.24) is 9.88 Å². The Kier molecular flexibility index (Phi) is 6.20. The van der Waals surface area contributed by atoms with E-state index in [-0.39, 0.29) is 18.8 Å². The van der Waals surface area contributed by atoms with Crippen LogP contribution in [0, 0.1) is 11.8 Å². The predicted octanol–water partition coefficient (Wildman–Crippen LogP) is 0.0605. The molecule has 0 unspecified atom stereocenters. The molecule has 1 amide bonds. The first-order valence-corrected chi connectivity index (χ1v) is 5.97. The molecule has 0 saturated carbocycles. The largest absolute Gasteiger partial charge is 0.468 e. The molecule has 20 heavy (non-hydrogen) atoms. The van der Waals surface area contributed by atoms with Gasteiger partial charge in [0.1, 0.15) is 12.2 Å². The zero-order chi connectivity index (χ0) is 15.0. The number of amides is 1.